The molecule has 0 spiro atoms. The van der Waals surface area contributed by atoms with Crippen LogP contribution >= 0.6 is 0 Å². The molecule has 1 amide bonds. The van der Waals surface area contributed by atoms with Gasteiger partial charge in [0.2, 0.25) is 5.91 Å². The highest BCUT2D eigenvalue weighted by Crippen LogP contribution is 2.37. The number of nitrogens with one attached hydrogen (secondary N) is 1. The Morgan fingerprint density at radius 1 is 1.50 bits per heavy atom. The van der Waals surface area contributed by atoms with Crippen LogP contribution in [0, 0.1) is 11.8 Å². The molecule has 1 fully saturated rings. The Morgan fingerprint density at radius 2 is 2.19 bits per heavy atom. The molecule has 1 unspecified atom stereocenters. The van der Waals surface area contributed by atoms with Gasteiger partial charge in [0.1, 0.15) is 0 Å². The summed E-state index contributed by atoms with van der Waals surface area (Å²) in [6.07, 6.45) is 2.33. The van der Waals surface area contributed by atoms with E-state index in [9.17, 15) is 4.79 Å². The Morgan fingerprint density at radius 3 is 2.81 bits per heavy atom. The normalized spacial score (nSPS) is 16.9. The SMILES string of the molecule is CC(C(=O)Nc1ccccc1CO)C1CC1. The highest BCUT2D eigenvalue weighted by molar-refractivity contribution is 5.93. The molecular formula is C13H17NO2. The molecule has 0 aliphatic heterocycles. The van der Waals surface area contributed by atoms with E-state index in [0.29, 0.717) is 5.92 Å². The van der Waals surface area contributed by atoms with Crippen molar-refractivity contribution in [2.75, 3.05) is 5.32 Å². The molecule has 1 atom stereocenters. The van der Waals surface area contributed by atoms with Crippen molar-refractivity contribution in [2.24, 2.45) is 11.8 Å². The molecule has 1 aliphatic rings. The number of carbonyl (C=O) groups excluding carboxylic acids is 1. The largest absolute Gasteiger partial charge is 0.392 e. The summed E-state index contributed by atoms with van der Waals surface area (Å²) in [5, 5.41) is 12.0. The van der Waals surface area contributed by atoms with Crippen LogP contribution in [0.5, 0.6) is 0 Å². The number of amides is 1. The maximum Gasteiger partial charge on any atom is 0.227 e. The number of aliphatic hydroxyl groups is 1. The van der Waals surface area contributed by atoms with Gasteiger partial charge in [-0.2, -0.15) is 0 Å². The van der Waals surface area contributed by atoms with Crippen molar-refractivity contribution in [1.29, 1.82) is 0 Å². The molecule has 1 aliphatic carbocycles. The average Bonchev–Trinajstić information content (AvgIpc) is 3.12. The Kier molecular flexibility index (Phi) is 3.25. The number of para-hydroxylation sites is 1. The second kappa shape index (κ2) is 4.66. The lowest BCUT2D eigenvalue weighted by molar-refractivity contribution is -0.119. The van der Waals surface area contributed by atoms with Gasteiger partial charge in [-0.15, -0.1) is 0 Å². The third-order valence-corrected chi connectivity index (χ3v) is 3.19. The van der Waals surface area contributed by atoms with Crippen molar-refractivity contribution in [3.05, 3.63) is 29.8 Å². The lowest BCUT2D eigenvalue weighted by Gasteiger charge is -2.13. The van der Waals surface area contributed by atoms with E-state index < -0.39 is 0 Å². The van der Waals surface area contributed by atoms with Crippen LogP contribution in [0.4, 0.5) is 5.69 Å². The van der Waals surface area contributed by atoms with Crippen LogP contribution in [-0.2, 0) is 11.4 Å². The van der Waals surface area contributed by atoms with Gasteiger partial charge < -0.3 is 10.4 Å². The van der Waals surface area contributed by atoms with Gasteiger partial charge in [0.25, 0.3) is 0 Å². The second-order valence-electron chi connectivity index (χ2n) is 4.43. The van der Waals surface area contributed by atoms with E-state index in [-0.39, 0.29) is 18.4 Å². The lowest BCUT2D eigenvalue weighted by Crippen LogP contribution is -2.22. The zero-order valence-corrected chi connectivity index (χ0v) is 9.44. The van der Waals surface area contributed by atoms with Crippen molar-refractivity contribution < 1.29 is 9.90 Å². The minimum Gasteiger partial charge on any atom is -0.392 e. The van der Waals surface area contributed by atoms with Crippen molar-refractivity contribution in [3.63, 3.8) is 0 Å². The number of hydrogen-bond acceptors (Lipinski definition) is 2. The minimum absolute atomic E-state index is 0.0474. The average molecular weight is 219 g/mol. The van der Waals surface area contributed by atoms with E-state index in [2.05, 4.69) is 5.32 Å². The van der Waals surface area contributed by atoms with E-state index in [4.69, 9.17) is 5.11 Å². The van der Waals surface area contributed by atoms with Crippen LogP contribution in [0.15, 0.2) is 24.3 Å². The number of anilines is 1. The van der Waals surface area contributed by atoms with Gasteiger partial charge in [-0.3, -0.25) is 4.79 Å². The highest BCUT2D eigenvalue weighted by Gasteiger charge is 2.32. The first-order chi connectivity index (χ1) is 7.72. The predicted octanol–water partition coefficient (Wildman–Crippen LogP) is 2.16. The fourth-order valence-electron chi connectivity index (χ4n) is 1.84. The smallest absolute Gasteiger partial charge is 0.227 e. The van der Waals surface area contributed by atoms with Crippen LogP contribution in [0.25, 0.3) is 0 Å². The molecule has 0 heterocycles. The molecule has 3 nitrogen and oxygen atoms in total. The summed E-state index contributed by atoms with van der Waals surface area (Å²) < 4.78 is 0. The van der Waals surface area contributed by atoms with E-state index in [1.54, 1.807) is 0 Å². The Balaban J connectivity index is 2.04. The zero-order valence-electron chi connectivity index (χ0n) is 9.44. The van der Waals surface area contributed by atoms with Gasteiger partial charge in [-0.05, 0) is 24.8 Å². The molecule has 0 radical (unpaired) electrons. The summed E-state index contributed by atoms with van der Waals surface area (Å²) >= 11 is 0. The molecule has 2 N–H and O–H groups in total. The molecule has 0 aromatic heterocycles. The second-order valence-corrected chi connectivity index (χ2v) is 4.43. The van der Waals surface area contributed by atoms with Crippen molar-refractivity contribution in [3.8, 4) is 0 Å². The Labute approximate surface area is 95.5 Å². The van der Waals surface area contributed by atoms with E-state index in [0.717, 1.165) is 24.1 Å². The number of carbonyl (C=O) groups is 1. The van der Waals surface area contributed by atoms with Crippen molar-refractivity contribution >= 4 is 11.6 Å². The number of aliphatic hydroxyl groups excluding tert-OH is 1. The quantitative estimate of drug-likeness (QED) is 0.815. The molecule has 1 saturated carbocycles. The molecule has 0 bridgehead atoms. The summed E-state index contributed by atoms with van der Waals surface area (Å²) in [5.41, 5.74) is 1.49. The predicted molar refractivity (Wildman–Crippen MR) is 62.9 cm³/mol. The molecular weight excluding hydrogens is 202 g/mol. The van der Waals surface area contributed by atoms with E-state index >= 15 is 0 Å². The molecule has 1 aromatic carbocycles. The van der Waals surface area contributed by atoms with Gasteiger partial charge >= 0.3 is 0 Å². The van der Waals surface area contributed by atoms with E-state index in [1.807, 2.05) is 31.2 Å². The Hall–Kier alpha value is -1.35. The van der Waals surface area contributed by atoms with Gasteiger partial charge in [-0.1, -0.05) is 25.1 Å². The minimum atomic E-state index is -0.0474. The topological polar surface area (TPSA) is 49.3 Å². The molecule has 1 aromatic rings. The maximum absolute atomic E-state index is 11.9. The summed E-state index contributed by atoms with van der Waals surface area (Å²) in [5.74, 6) is 0.691. The highest BCUT2D eigenvalue weighted by atomic mass is 16.3. The summed E-state index contributed by atoms with van der Waals surface area (Å²) in [7, 11) is 0. The lowest BCUT2D eigenvalue weighted by atomic mass is 10.1. The third-order valence-electron chi connectivity index (χ3n) is 3.19. The number of benzene rings is 1. The fourth-order valence-corrected chi connectivity index (χ4v) is 1.84. The van der Waals surface area contributed by atoms with Gasteiger partial charge in [0.15, 0.2) is 0 Å². The summed E-state index contributed by atoms with van der Waals surface area (Å²) in [6.45, 7) is 1.92. The molecule has 86 valence electrons. The van der Waals surface area contributed by atoms with Gasteiger partial charge in [0, 0.05) is 17.2 Å². The van der Waals surface area contributed by atoms with Crippen LogP contribution in [0.2, 0.25) is 0 Å². The number of hydrogen-bond donors (Lipinski definition) is 2. The first-order valence-corrected chi connectivity index (χ1v) is 5.72. The first-order valence-electron chi connectivity index (χ1n) is 5.72. The first kappa shape index (κ1) is 11.1. The van der Waals surface area contributed by atoms with E-state index in [1.165, 1.54) is 0 Å². The monoisotopic (exact) mass is 219 g/mol. The fraction of sp³-hybridized carbons (Fsp3) is 0.462. The van der Waals surface area contributed by atoms with Gasteiger partial charge in [0.05, 0.1) is 6.61 Å². The van der Waals surface area contributed by atoms with Crippen molar-refractivity contribution in [2.45, 2.75) is 26.4 Å². The molecule has 2 rings (SSSR count). The molecule has 16 heavy (non-hydrogen) atoms. The molecule has 0 saturated heterocycles. The number of rotatable bonds is 4. The van der Waals surface area contributed by atoms with Crippen LogP contribution in [-0.4, -0.2) is 11.0 Å². The van der Waals surface area contributed by atoms with Crippen molar-refractivity contribution in [1.82, 2.24) is 0 Å². The molecule has 3 heteroatoms. The Bertz CT molecular complexity index is 385. The van der Waals surface area contributed by atoms with Crippen LogP contribution < -0.4 is 5.32 Å². The summed E-state index contributed by atoms with van der Waals surface area (Å²) in [4.78, 5) is 11.9. The van der Waals surface area contributed by atoms with Gasteiger partial charge in [-0.25, -0.2) is 0 Å². The van der Waals surface area contributed by atoms with Crippen LogP contribution in [0.1, 0.15) is 25.3 Å². The van der Waals surface area contributed by atoms with Crippen LogP contribution in [0.3, 0.4) is 0 Å². The standard InChI is InChI=1S/C13H17NO2/c1-9(10-6-7-10)13(16)14-12-5-3-2-4-11(12)8-15/h2-5,9-10,15H,6-8H2,1H3,(H,14,16). The third kappa shape index (κ3) is 2.42. The summed E-state index contributed by atoms with van der Waals surface area (Å²) in [6, 6.07) is 7.35. The zero-order chi connectivity index (χ0) is 11.5. The maximum atomic E-state index is 11.9.